The molecule has 3 heterocycles. The van der Waals surface area contributed by atoms with Gasteiger partial charge in [0, 0.05) is 6.20 Å². The van der Waals surface area contributed by atoms with E-state index in [2.05, 4.69) is 141 Å². The first-order valence-corrected chi connectivity index (χ1v) is 16.2. The van der Waals surface area contributed by atoms with Gasteiger partial charge < -0.3 is 9.55 Å². The van der Waals surface area contributed by atoms with Crippen LogP contribution in [0.15, 0.2) is 115 Å². The van der Waals surface area contributed by atoms with Crippen molar-refractivity contribution in [2.45, 2.75) is 58.8 Å². The molecule has 1 aliphatic heterocycles. The van der Waals surface area contributed by atoms with E-state index in [4.69, 9.17) is 0 Å². The van der Waals surface area contributed by atoms with Gasteiger partial charge in [-0.3, -0.25) is 4.57 Å². The van der Waals surface area contributed by atoms with E-state index in [-0.39, 0.29) is 25.5 Å². The normalized spacial score (nSPS) is 12.9. The van der Waals surface area contributed by atoms with Crippen LogP contribution in [0.2, 0.25) is 0 Å². The van der Waals surface area contributed by atoms with Gasteiger partial charge in [-0.05, 0) is 63.5 Å². The molecule has 4 heteroatoms. The zero-order valence-electron chi connectivity index (χ0n) is 27.8. The van der Waals surface area contributed by atoms with Crippen LogP contribution in [-0.4, -0.2) is 9.55 Å². The summed E-state index contributed by atoms with van der Waals surface area (Å²) in [4.78, 5) is 4.22. The largest absolute Gasteiger partial charge is 3.00 e. The van der Waals surface area contributed by atoms with Crippen LogP contribution in [0.5, 0.6) is 0 Å². The molecule has 3 nitrogen and oxygen atoms in total. The fourth-order valence-electron chi connectivity index (χ4n) is 6.68. The Labute approximate surface area is 292 Å². The summed E-state index contributed by atoms with van der Waals surface area (Å²) < 4.78 is 4.50. The first-order valence-electron chi connectivity index (χ1n) is 16.2. The van der Waals surface area contributed by atoms with Crippen LogP contribution in [0.3, 0.4) is 0 Å². The Morgan fingerprint density at radius 2 is 1.49 bits per heavy atom. The number of imidazole rings is 1. The standard InChI is InChI=1S/C32H31N2.C11H8N.Ir/c1-20(2)23-16-24(21(3)4)18-25(17-23)33-19-34-28-15-14-22-10-7-8-11-26(22)30(28)32(5,6)27-12-9-13-29(33)31(27)34;1-2-6-10(7-3-1)11-8-4-5-9-12-11;/h7-14,16-18,20-21H,1-6H3;1-6,8-9H;/q2*-1;+3. The van der Waals surface area contributed by atoms with Crippen LogP contribution in [0.1, 0.15) is 75.6 Å². The minimum Gasteiger partial charge on any atom is -0.314 e. The summed E-state index contributed by atoms with van der Waals surface area (Å²) in [5.41, 5.74) is 12.0. The SMILES string of the molecule is CC(C)c1cc(C(C)C)cc(-n2[c-][n+]3c4c(cccc42)C(C)(C)c2c-3[c-]cc3ccccc23)c1.[Ir+3].[c-]1ccccc1-c1ccccn1. The van der Waals surface area contributed by atoms with Gasteiger partial charge in [0.15, 0.2) is 0 Å². The molecular formula is C43H39IrN3+. The average molecular weight is 790 g/mol. The smallest absolute Gasteiger partial charge is 0.314 e. The Morgan fingerprint density at radius 1 is 0.766 bits per heavy atom. The zero-order valence-corrected chi connectivity index (χ0v) is 30.2. The van der Waals surface area contributed by atoms with Gasteiger partial charge in [0.2, 0.25) is 0 Å². The van der Waals surface area contributed by atoms with Crippen LogP contribution >= 0.6 is 0 Å². The molecule has 234 valence electrons. The van der Waals surface area contributed by atoms with E-state index in [1.54, 1.807) is 6.20 Å². The van der Waals surface area contributed by atoms with Crippen molar-refractivity contribution in [3.8, 4) is 22.6 Å². The maximum absolute atomic E-state index is 4.22. The molecule has 0 radical (unpaired) electrons. The molecule has 0 spiro atoms. The molecule has 47 heavy (non-hydrogen) atoms. The molecule has 0 amide bonds. The van der Waals surface area contributed by atoms with E-state index in [0.29, 0.717) is 11.8 Å². The van der Waals surface area contributed by atoms with Crippen molar-refractivity contribution in [3.63, 3.8) is 0 Å². The maximum atomic E-state index is 4.22. The number of fused-ring (bicyclic) bond motifs is 4. The molecule has 0 saturated heterocycles. The third-order valence-corrected chi connectivity index (χ3v) is 9.24. The molecule has 5 aromatic carbocycles. The minimum absolute atomic E-state index is 0. The van der Waals surface area contributed by atoms with Crippen LogP contribution in [-0.2, 0) is 25.5 Å². The number of aromatic nitrogens is 3. The Hall–Kier alpha value is -4.37. The average Bonchev–Trinajstić information content (AvgIpc) is 3.48. The number of hydrogen-bond acceptors (Lipinski definition) is 1. The second kappa shape index (κ2) is 13.0. The van der Waals surface area contributed by atoms with Crippen molar-refractivity contribution in [1.82, 2.24) is 9.55 Å². The van der Waals surface area contributed by atoms with Crippen molar-refractivity contribution in [1.29, 1.82) is 0 Å². The van der Waals surface area contributed by atoms with Crippen LogP contribution in [0.4, 0.5) is 0 Å². The van der Waals surface area contributed by atoms with Gasteiger partial charge in [0.1, 0.15) is 0 Å². The van der Waals surface area contributed by atoms with Gasteiger partial charge in [-0.1, -0.05) is 96.1 Å². The molecule has 2 aromatic heterocycles. The Morgan fingerprint density at radius 3 is 2.17 bits per heavy atom. The van der Waals surface area contributed by atoms with Crippen molar-refractivity contribution in [2.24, 2.45) is 0 Å². The second-order valence-electron chi connectivity index (χ2n) is 13.3. The summed E-state index contributed by atoms with van der Waals surface area (Å²) in [6.45, 7) is 13.8. The van der Waals surface area contributed by atoms with Gasteiger partial charge in [-0.2, -0.15) is 12.1 Å². The van der Waals surface area contributed by atoms with Gasteiger partial charge in [0.05, 0.1) is 16.7 Å². The molecule has 0 atom stereocenters. The van der Waals surface area contributed by atoms with Crippen LogP contribution in [0, 0.1) is 18.5 Å². The fraction of sp³-hybridized carbons (Fsp3) is 0.209. The third kappa shape index (κ3) is 5.86. The summed E-state index contributed by atoms with van der Waals surface area (Å²) in [6.07, 6.45) is 5.53. The van der Waals surface area contributed by atoms with Gasteiger partial charge in [-0.15, -0.1) is 58.3 Å². The molecule has 1 aliphatic rings. The number of hydrogen-bond donors (Lipinski definition) is 0. The minimum atomic E-state index is -0.144. The molecule has 0 unspecified atom stereocenters. The quantitative estimate of drug-likeness (QED) is 0.129. The maximum Gasteiger partial charge on any atom is 3.00 e. The third-order valence-electron chi connectivity index (χ3n) is 9.24. The second-order valence-corrected chi connectivity index (χ2v) is 13.3. The molecule has 0 saturated carbocycles. The first-order chi connectivity index (χ1) is 22.2. The molecule has 0 bridgehead atoms. The Bertz CT molecular complexity index is 2110. The van der Waals surface area contributed by atoms with Gasteiger partial charge in [-0.25, -0.2) is 0 Å². The monoisotopic (exact) mass is 790 g/mol. The number of benzene rings is 5. The predicted octanol–water partition coefficient (Wildman–Crippen LogP) is 10.1. The Balaban J connectivity index is 0.000000250. The van der Waals surface area contributed by atoms with Gasteiger partial charge in [0.25, 0.3) is 6.33 Å². The van der Waals surface area contributed by atoms with Crippen molar-refractivity contribution in [3.05, 3.63) is 156 Å². The summed E-state index contributed by atoms with van der Waals surface area (Å²) in [6, 6.07) is 45.0. The van der Waals surface area contributed by atoms with Crippen molar-refractivity contribution >= 4 is 21.8 Å². The molecule has 0 N–H and O–H groups in total. The molecule has 8 rings (SSSR count). The van der Waals surface area contributed by atoms with E-state index < -0.39 is 0 Å². The van der Waals surface area contributed by atoms with Gasteiger partial charge >= 0.3 is 20.1 Å². The van der Waals surface area contributed by atoms with Crippen LogP contribution < -0.4 is 4.57 Å². The summed E-state index contributed by atoms with van der Waals surface area (Å²) in [5.74, 6) is 0.939. The molecular weight excluding hydrogens is 751 g/mol. The van der Waals surface area contributed by atoms with Crippen LogP contribution in [0.25, 0.3) is 44.4 Å². The molecule has 0 fully saturated rings. The molecule has 0 aliphatic carbocycles. The van der Waals surface area contributed by atoms with Crippen molar-refractivity contribution in [2.75, 3.05) is 0 Å². The fourth-order valence-corrected chi connectivity index (χ4v) is 6.68. The number of para-hydroxylation sites is 1. The summed E-state index contributed by atoms with van der Waals surface area (Å²) in [7, 11) is 0. The van der Waals surface area contributed by atoms with E-state index >= 15 is 0 Å². The predicted molar refractivity (Wildman–Crippen MR) is 189 cm³/mol. The summed E-state index contributed by atoms with van der Waals surface area (Å²) in [5, 5.41) is 2.53. The van der Waals surface area contributed by atoms with E-state index in [9.17, 15) is 0 Å². The van der Waals surface area contributed by atoms with E-state index in [1.165, 1.54) is 49.7 Å². The first kappa shape index (κ1) is 32.6. The van der Waals surface area contributed by atoms with E-state index in [1.807, 2.05) is 42.5 Å². The zero-order chi connectivity index (χ0) is 32.0. The van der Waals surface area contributed by atoms with Crippen molar-refractivity contribution < 1.29 is 24.7 Å². The number of rotatable bonds is 4. The number of nitrogens with zero attached hydrogens (tertiary/aromatic N) is 3. The summed E-state index contributed by atoms with van der Waals surface area (Å²) >= 11 is 0. The number of pyridine rings is 1. The molecule has 7 aromatic rings. The Kier molecular flexibility index (Phi) is 9.03. The van der Waals surface area contributed by atoms with E-state index in [0.717, 1.165) is 16.9 Å². The topological polar surface area (TPSA) is 21.7 Å².